The van der Waals surface area contributed by atoms with Crippen LogP contribution in [0.5, 0.6) is 0 Å². The van der Waals surface area contributed by atoms with Crippen LogP contribution in [-0.4, -0.2) is 36.5 Å². The molecule has 140 valence electrons. The summed E-state index contributed by atoms with van der Waals surface area (Å²) in [5.41, 5.74) is 0.893. The highest BCUT2D eigenvalue weighted by molar-refractivity contribution is 5.96. The number of amides is 1. The second kappa shape index (κ2) is 8.56. The third-order valence-electron chi connectivity index (χ3n) is 3.57. The van der Waals surface area contributed by atoms with Crippen molar-refractivity contribution in [3.63, 3.8) is 0 Å². The topological polar surface area (TPSA) is 125 Å². The summed E-state index contributed by atoms with van der Waals surface area (Å²) in [5.74, 6) is -1.96. The average molecular weight is 372 g/mol. The number of carbonyl (C=O) groups excluding carboxylic acids is 3. The second-order valence-electron chi connectivity index (χ2n) is 5.45. The monoisotopic (exact) mass is 372 g/mol. The highest BCUT2D eigenvalue weighted by Gasteiger charge is 2.17. The molecule has 1 amide bonds. The van der Waals surface area contributed by atoms with Crippen molar-refractivity contribution in [1.82, 2.24) is 0 Å². The van der Waals surface area contributed by atoms with Crippen molar-refractivity contribution in [2.45, 2.75) is 6.92 Å². The molecule has 0 radical (unpaired) electrons. The first-order chi connectivity index (χ1) is 12.8. The summed E-state index contributed by atoms with van der Waals surface area (Å²) >= 11 is 0. The standard InChI is InChI=1S/C18H16N2O7/c1-11-3-4-13(9-15(11)20(24)25)18(23)27-10-16(21)19-14-7-5-12(6-8-14)17(22)26-2/h3-9H,10H2,1-2H3,(H,19,21). The largest absolute Gasteiger partial charge is 0.465 e. The maximum Gasteiger partial charge on any atom is 0.338 e. The summed E-state index contributed by atoms with van der Waals surface area (Å²) in [5, 5.41) is 13.4. The van der Waals surface area contributed by atoms with E-state index in [-0.39, 0.29) is 11.3 Å². The van der Waals surface area contributed by atoms with Gasteiger partial charge >= 0.3 is 11.9 Å². The molecule has 1 N–H and O–H groups in total. The number of nitro benzene ring substituents is 1. The first-order valence-electron chi connectivity index (χ1n) is 7.72. The smallest absolute Gasteiger partial charge is 0.338 e. The average Bonchev–Trinajstić information content (AvgIpc) is 2.66. The van der Waals surface area contributed by atoms with E-state index in [1.807, 2.05) is 0 Å². The SMILES string of the molecule is COC(=O)c1ccc(NC(=O)COC(=O)c2ccc(C)c([N+](=O)[O-])c2)cc1. The molecule has 2 aromatic rings. The molecule has 27 heavy (non-hydrogen) atoms. The van der Waals surface area contributed by atoms with Gasteiger partial charge in [0.25, 0.3) is 11.6 Å². The first kappa shape index (κ1) is 19.6. The van der Waals surface area contributed by atoms with Crippen molar-refractivity contribution >= 4 is 29.2 Å². The van der Waals surface area contributed by atoms with Gasteiger partial charge in [-0.1, -0.05) is 6.07 Å². The summed E-state index contributed by atoms with van der Waals surface area (Å²) in [4.78, 5) is 45.5. The Bertz CT molecular complexity index is 891. The zero-order valence-corrected chi connectivity index (χ0v) is 14.6. The van der Waals surface area contributed by atoms with E-state index in [0.717, 1.165) is 6.07 Å². The van der Waals surface area contributed by atoms with Gasteiger partial charge in [0, 0.05) is 17.3 Å². The number of benzene rings is 2. The van der Waals surface area contributed by atoms with E-state index in [0.29, 0.717) is 16.8 Å². The lowest BCUT2D eigenvalue weighted by Gasteiger charge is -2.07. The minimum absolute atomic E-state index is 0.0254. The zero-order chi connectivity index (χ0) is 20.0. The molecule has 0 spiro atoms. The Balaban J connectivity index is 1.93. The summed E-state index contributed by atoms with van der Waals surface area (Å²) in [6, 6.07) is 9.84. The van der Waals surface area contributed by atoms with Gasteiger partial charge in [-0.3, -0.25) is 14.9 Å². The number of anilines is 1. The van der Waals surface area contributed by atoms with Crippen LogP contribution in [0, 0.1) is 17.0 Å². The summed E-state index contributed by atoms with van der Waals surface area (Å²) < 4.78 is 9.44. The number of nitrogens with one attached hydrogen (secondary N) is 1. The molecule has 0 saturated heterocycles. The lowest BCUT2D eigenvalue weighted by molar-refractivity contribution is -0.385. The van der Waals surface area contributed by atoms with E-state index in [9.17, 15) is 24.5 Å². The van der Waals surface area contributed by atoms with Crippen LogP contribution in [0.1, 0.15) is 26.3 Å². The van der Waals surface area contributed by atoms with Crippen LogP contribution >= 0.6 is 0 Å². The van der Waals surface area contributed by atoms with Crippen molar-refractivity contribution in [3.05, 3.63) is 69.3 Å². The molecular formula is C18H16N2O7. The minimum Gasteiger partial charge on any atom is -0.465 e. The molecule has 0 aromatic heterocycles. The Labute approximate surface area is 154 Å². The van der Waals surface area contributed by atoms with Crippen molar-refractivity contribution < 1.29 is 28.8 Å². The molecule has 0 fully saturated rings. The van der Waals surface area contributed by atoms with Gasteiger partial charge in [0.2, 0.25) is 0 Å². The normalized spacial score (nSPS) is 10.0. The number of carbonyl (C=O) groups is 3. The van der Waals surface area contributed by atoms with E-state index >= 15 is 0 Å². The summed E-state index contributed by atoms with van der Waals surface area (Å²) in [6.45, 7) is 0.978. The van der Waals surface area contributed by atoms with Crippen molar-refractivity contribution in [1.29, 1.82) is 0 Å². The Morgan fingerprint density at radius 1 is 1.04 bits per heavy atom. The number of hydrogen-bond acceptors (Lipinski definition) is 7. The molecular weight excluding hydrogens is 356 g/mol. The van der Waals surface area contributed by atoms with Crippen LogP contribution < -0.4 is 5.32 Å². The van der Waals surface area contributed by atoms with Crippen LogP contribution in [-0.2, 0) is 14.3 Å². The molecule has 0 aliphatic carbocycles. The van der Waals surface area contributed by atoms with Crippen LogP contribution in [0.25, 0.3) is 0 Å². The first-order valence-corrected chi connectivity index (χ1v) is 7.72. The van der Waals surface area contributed by atoms with Gasteiger partial charge in [0.05, 0.1) is 23.2 Å². The predicted octanol–water partition coefficient (Wildman–Crippen LogP) is 2.49. The Hall–Kier alpha value is -3.75. The molecule has 0 aliphatic rings. The highest BCUT2D eigenvalue weighted by atomic mass is 16.6. The van der Waals surface area contributed by atoms with E-state index in [1.165, 1.54) is 43.5 Å². The van der Waals surface area contributed by atoms with Gasteiger partial charge in [-0.2, -0.15) is 0 Å². The van der Waals surface area contributed by atoms with Gasteiger partial charge < -0.3 is 14.8 Å². The van der Waals surface area contributed by atoms with Gasteiger partial charge in [-0.05, 0) is 37.3 Å². The van der Waals surface area contributed by atoms with Gasteiger partial charge in [0.15, 0.2) is 6.61 Å². The second-order valence-corrected chi connectivity index (χ2v) is 5.45. The molecule has 2 rings (SSSR count). The van der Waals surface area contributed by atoms with Gasteiger partial charge in [-0.15, -0.1) is 0 Å². The lowest BCUT2D eigenvalue weighted by Crippen LogP contribution is -2.21. The van der Waals surface area contributed by atoms with Crippen molar-refractivity contribution in [2.75, 3.05) is 19.0 Å². The fraction of sp³-hybridized carbons (Fsp3) is 0.167. The third-order valence-corrected chi connectivity index (χ3v) is 3.57. The fourth-order valence-electron chi connectivity index (χ4n) is 2.15. The van der Waals surface area contributed by atoms with E-state index < -0.39 is 29.4 Å². The molecule has 9 nitrogen and oxygen atoms in total. The molecule has 0 bridgehead atoms. The zero-order valence-electron chi connectivity index (χ0n) is 14.6. The Morgan fingerprint density at radius 2 is 1.67 bits per heavy atom. The number of nitrogens with zero attached hydrogens (tertiary/aromatic N) is 1. The van der Waals surface area contributed by atoms with Gasteiger partial charge in [0.1, 0.15) is 0 Å². The molecule has 0 atom stereocenters. The number of hydrogen-bond donors (Lipinski definition) is 1. The maximum atomic E-state index is 12.0. The molecule has 0 saturated carbocycles. The number of nitro groups is 1. The minimum atomic E-state index is -0.853. The van der Waals surface area contributed by atoms with Crippen molar-refractivity contribution in [2.24, 2.45) is 0 Å². The highest BCUT2D eigenvalue weighted by Crippen LogP contribution is 2.19. The molecule has 0 unspecified atom stereocenters. The van der Waals surface area contributed by atoms with Crippen molar-refractivity contribution in [3.8, 4) is 0 Å². The van der Waals surface area contributed by atoms with E-state index in [4.69, 9.17) is 4.74 Å². The lowest BCUT2D eigenvalue weighted by atomic mass is 10.1. The Kier molecular flexibility index (Phi) is 6.21. The summed E-state index contributed by atoms with van der Waals surface area (Å²) in [6.07, 6.45) is 0. The third kappa shape index (κ3) is 5.11. The van der Waals surface area contributed by atoms with E-state index in [2.05, 4.69) is 10.1 Å². The fourth-order valence-corrected chi connectivity index (χ4v) is 2.15. The van der Waals surface area contributed by atoms with Crippen LogP contribution in [0.3, 0.4) is 0 Å². The molecule has 2 aromatic carbocycles. The quantitative estimate of drug-likeness (QED) is 0.469. The van der Waals surface area contributed by atoms with Crippen LogP contribution in [0.15, 0.2) is 42.5 Å². The number of ether oxygens (including phenoxy) is 2. The van der Waals surface area contributed by atoms with Crippen LogP contribution in [0.4, 0.5) is 11.4 Å². The molecule has 0 aliphatic heterocycles. The summed E-state index contributed by atoms with van der Waals surface area (Å²) in [7, 11) is 1.26. The van der Waals surface area contributed by atoms with Gasteiger partial charge in [-0.25, -0.2) is 9.59 Å². The molecule has 9 heteroatoms. The molecule has 0 heterocycles. The van der Waals surface area contributed by atoms with E-state index in [1.54, 1.807) is 6.92 Å². The number of aryl methyl sites for hydroxylation is 1. The number of esters is 2. The maximum absolute atomic E-state index is 12.0. The Morgan fingerprint density at radius 3 is 2.26 bits per heavy atom. The number of methoxy groups -OCH3 is 1. The van der Waals surface area contributed by atoms with Crippen LogP contribution in [0.2, 0.25) is 0 Å². The number of rotatable bonds is 6. The predicted molar refractivity (Wildman–Crippen MR) is 94.5 cm³/mol.